The fourth-order valence-electron chi connectivity index (χ4n) is 3.41. The van der Waals surface area contributed by atoms with Crippen LogP contribution in [0.3, 0.4) is 0 Å². The van der Waals surface area contributed by atoms with E-state index in [0.29, 0.717) is 35.8 Å². The Balaban J connectivity index is 1.68. The van der Waals surface area contributed by atoms with Gasteiger partial charge in [-0.25, -0.2) is 4.39 Å². The Kier molecular flexibility index (Phi) is 6.26. The minimum absolute atomic E-state index is 0.0691. The number of anilines is 1. The number of nitrogens with one attached hydrogen (secondary N) is 1. The molecular weight excluding hydrogens is 385 g/mol. The van der Waals surface area contributed by atoms with E-state index in [2.05, 4.69) is 5.32 Å². The van der Waals surface area contributed by atoms with Crippen molar-refractivity contribution in [1.82, 2.24) is 4.90 Å². The van der Waals surface area contributed by atoms with Crippen molar-refractivity contribution in [1.29, 1.82) is 0 Å². The Morgan fingerprint density at radius 3 is 2.89 bits per heavy atom. The van der Waals surface area contributed by atoms with Gasteiger partial charge in [0.05, 0.1) is 16.5 Å². The number of carbonyl (C=O) groups excluding carboxylic acids is 1. The summed E-state index contributed by atoms with van der Waals surface area (Å²) in [6.07, 6.45) is 1.51. The van der Waals surface area contributed by atoms with Gasteiger partial charge in [0.25, 0.3) is 5.69 Å². The van der Waals surface area contributed by atoms with E-state index >= 15 is 0 Å². The third-order valence-electron chi connectivity index (χ3n) is 5.01. The highest BCUT2D eigenvalue weighted by atomic mass is 35.5. The molecule has 0 aromatic heterocycles. The molecule has 0 saturated carbocycles. The summed E-state index contributed by atoms with van der Waals surface area (Å²) in [5, 5.41) is 14.2. The van der Waals surface area contributed by atoms with Gasteiger partial charge in [-0.2, -0.15) is 0 Å². The Labute approximate surface area is 167 Å². The molecule has 3 rings (SSSR count). The molecule has 1 aliphatic heterocycles. The number of hydrogen-bond donors (Lipinski definition) is 1. The van der Waals surface area contributed by atoms with Gasteiger partial charge in [-0.05, 0) is 44.0 Å². The Hall–Kier alpha value is -2.51. The zero-order valence-corrected chi connectivity index (χ0v) is 16.2. The quantitative estimate of drug-likeness (QED) is 0.585. The number of non-ortho nitro benzene ring substituents is 1. The molecule has 1 amide bonds. The molecule has 0 aliphatic carbocycles. The van der Waals surface area contributed by atoms with Crippen LogP contribution in [0.4, 0.5) is 15.8 Å². The van der Waals surface area contributed by atoms with E-state index in [-0.39, 0.29) is 23.3 Å². The van der Waals surface area contributed by atoms with Crippen molar-refractivity contribution < 1.29 is 14.1 Å². The third kappa shape index (κ3) is 4.66. The second kappa shape index (κ2) is 8.67. The lowest BCUT2D eigenvalue weighted by molar-refractivity contribution is -0.384. The van der Waals surface area contributed by atoms with Crippen molar-refractivity contribution in [2.24, 2.45) is 5.92 Å². The topological polar surface area (TPSA) is 75.5 Å². The lowest BCUT2D eigenvalue weighted by Gasteiger charge is -2.32. The lowest BCUT2D eigenvalue weighted by Crippen LogP contribution is -2.40. The van der Waals surface area contributed by atoms with Crippen molar-refractivity contribution in [2.45, 2.75) is 26.3 Å². The number of nitrogens with zero attached hydrogens (tertiary/aromatic N) is 2. The van der Waals surface area contributed by atoms with Gasteiger partial charge in [0.15, 0.2) is 0 Å². The van der Waals surface area contributed by atoms with Gasteiger partial charge in [0.2, 0.25) is 5.91 Å². The molecule has 1 unspecified atom stereocenters. The average Bonchev–Trinajstić information content (AvgIpc) is 2.66. The standard InChI is InChI=1S/C20H21ClFN3O3/c1-13-7-8-15(25(27)28)10-19(13)23-20(26)14-4-3-9-24(11-14)12-16-17(21)5-2-6-18(16)22/h2,5-8,10,14H,3-4,9,11-12H2,1H3,(H,23,26). The van der Waals surface area contributed by atoms with Crippen LogP contribution in [0.15, 0.2) is 36.4 Å². The fourth-order valence-corrected chi connectivity index (χ4v) is 3.64. The second-order valence-corrected chi connectivity index (χ2v) is 7.43. The smallest absolute Gasteiger partial charge is 0.271 e. The van der Waals surface area contributed by atoms with E-state index < -0.39 is 4.92 Å². The van der Waals surface area contributed by atoms with Gasteiger partial charge in [-0.3, -0.25) is 19.8 Å². The fraction of sp³-hybridized carbons (Fsp3) is 0.350. The summed E-state index contributed by atoms with van der Waals surface area (Å²) in [5.74, 6) is -0.822. The summed E-state index contributed by atoms with van der Waals surface area (Å²) in [6.45, 7) is 3.35. The number of aryl methyl sites for hydroxylation is 1. The van der Waals surface area contributed by atoms with Crippen molar-refractivity contribution in [3.63, 3.8) is 0 Å². The van der Waals surface area contributed by atoms with Gasteiger partial charge < -0.3 is 5.32 Å². The van der Waals surface area contributed by atoms with Gasteiger partial charge in [-0.15, -0.1) is 0 Å². The summed E-state index contributed by atoms with van der Waals surface area (Å²) >= 11 is 6.11. The Morgan fingerprint density at radius 1 is 1.39 bits per heavy atom. The van der Waals surface area contributed by atoms with Crippen LogP contribution in [0.2, 0.25) is 5.02 Å². The highest BCUT2D eigenvalue weighted by Crippen LogP contribution is 2.26. The number of hydrogen-bond acceptors (Lipinski definition) is 4. The zero-order valence-electron chi connectivity index (χ0n) is 15.5. The van der Waals surface area contributed by atoms with Gasteiger partial charge in [0.1, 0.15) is 5.82 Å². The predicted octanol–water partition coefficient (Wildman–Crippen LogP) is 4.55. The van der Waals surface area contributed by atoms with Crippen LogP contribution in [0, 0.1) is 28.8 Å². The SMILES string of the molecule is Cc1ccc([N+](=O)[O-])cc1NC(=O)C1CCCN(Cc2c(F)cccc2Cl)C1. The first-order valence-corrected chi connectivity index (χ1v) is 9.44. The van der Waals surface area contributed by atoms with E-state index in [1.165, 1.54) is 18.2 Å². The normalized spacial score (nSPS) is 17.3. The third-order valence-corrected chi connectivity index (χ3v) is 5.36. The minimum atomic E-state index is -0.490. The summed E-state index contributed by atoms with van der Waals surface area (Å²) in [4.78, 5) is 25.2. The van der Waals surface area contributed by atoms with Gasteiger partial charge in [-0.1, -0.05) is 23.7 Å². The number of amides is 1. The number of nitro groups is 1. The molecule has 2 aromatic carbocycles. The first-order valence-electron chi connectivity index (χ1n) is 9.06. The molecule has 2 aromatic rings. The summed E-state index contributed by atoms with van der Waals surface area (Å²) < 4.78 is 14.1. The molecule has 0 bridgehead atoms. The van der Waals surface area contributed by atoms with Crippen LogP contribution in [0.25, 0.3) is 0 Å². The molecule has 1 N–H and O–H groups in total. The largest absolute Gasteiger partial charge is 0.325 e. The van der Waals surface area contributed by atoms with Crippen LogP contribution in [-0.4, -0.2) is 28.8 Å². The molecule has 1 aliphatic rings. The molecule has 0 radical (unpaired) electrons. The number of carbonyl (C=O) groups is 1. The Morgan fingerprint density at radius 2 is 2.18 bits per heavy atom. The first kappa shape index (κ1) is 20.2. The predicted molar refractivity (Wildman–Crippen MR) is 106 cm³/mol. The van der Waals surface area contributed by atoms with E-state index in [1.807, 2.05) is 4.90 Å². The van der Waals surface area contributed by atoms with E-state index in [1.54, 1.807) is 25.1 Å². The van der Waals surface area contributed by atoms with E-state index in [0.717, 1.165) is 18.5 Å². The van der Waals surface area contributed by atoms with Crippen molar-refractivity contribution in [3.8, 4) is 0 Å². The van der Waals surface area contributed by atoms with Crippen molar-refractivity contribution >= 4 is 28.9 Å². The number of likely N-dealkylation sites (tertiary alicyclic amines) is 1. The number of rotatable bonds is 5. The molecule has 1 fully saturated rings. The molecular formula is C20H21ClFN3O3. The number of halogens is 2. The molecule has 8 heteroatoms. The maximum Gasteiger partial charge on any atom is 0.271 e. The Bertz CT molecular complexity index is 886. The summed E-state index contributed by atoms with van der Waals surface area (Å²) in [7, 11) is 0. The molecule has 0 spiro atoms. The molecule has 28 heavy (non-hydrogen) atoms. The molecule has 1 saturated heterocycles. The second-order valence-electron chi connectivity index (χ2n) is 7.02. The monoisotopic (exact) mass is 405 g/mol. The highest BCUT2D eigenvalue weighted by molar-refractivity contribution is 6.31. The number of piperidine rings is 1. The van der Waals surface area contributed by atoms with Gasteiger partial charge >= 0.3 is 0 Å². The van der Waals surface area contributed by atoms with Gasteiger partial charge in [0, 0.05) is 35.8 Å². The first-order chi connectivity index (χ1) is 13.3. The van der Waals surface area contributed by atoms with Crippen LogP contribution in [0.1, 0.15) is 24.0 Å². The lowest BCUT2D eigenvalue weighted by atomic mass is 9.96. The summed E-state index contributed by atoms with van der Waals surface area (Å²) in [6, 6.07) is 8.98. The van der Waals surface area contributed by atoms with Crippen LogP contribution in [0.5, 0.6) is 0 Å². The van der Waals surface area contributed by atoms with Crippen LogP contribution >= 0.6 is 11.6 Å². The zero-order chi connectivity index (χ0) is 20.3. The molecule has 1 atom stereocenters. The van der Waals surface area contributed by atoms with Crippen LogP contribution < -0.4 is 5.32 Å². The van der Waals surface area contributed by atoms with Crippen molar-refractivity contribution in [3.05, 3.63) is 68.5 Å². The highest BCUT2D eigenvalue weighted by Gasteiger charge is 2.27. The van der Waals surface area contributed by atoms with E-state index in [4.69, 9.17) is 11.6 Å². The minimum Gasteiger partial charge on any atom is -0.325 e. The number of benzene rings is 2. The number of nitro benzene ring substituents is 1. The maximum absolute atomic E-state index is 14.1. The molecule has 6 nitrogen and oxygen atoms in total. The van der Waals surface area contributed by atoms with Crippen molar-refractivity contribution in [2.75, 3.05) is 18.4 Å². The van der Waals surface area contributed by atoms with E-state index in [9.17, 15) is 19.3 Å². The molecule has 1 heterocycles. The van der Waals surface area contributed by atoms with Crippen LogP contribution in [-0.2, 0) is 11.3 Å². The summed E-state index contributed by atoms with van der Waals surface area (Å²) in [5.41, 5.74) is 1.55. The maximum atomic E-state index is 14.1. The molecule has 148 valence electrons. The average molecular weight is 406 g/mol.